The largest absolute Gasteiger partial charge is 0.294 e. The van der Waals surface area contributed by atoms with E-state index in [1.54, 1.807) is 31.5 Å². The summed E-state index contributed by atoms with van der Waals surface area (Å²) in [7, 11) is -2.36. The lowest BCUT2D eigenvalue weighted by atomic mass is 10.2. The summed E-state index contributed by atoms with van der Waals surface area (Å²) in [5, 5.41) is 18.9. The van der Waals surface area contributed by atoms with Gasteiger partial charge in [0, 0.05) is 7.05 Å². The molecule has 3 aromatic rings. The lowest BCUT2D eigenvalue weighted by molar-refractivity contribution is 0.483. The number of hydrogen-bond acceptors (Lipinski definition) is 6. The molecule has 0 atom stereocenters. The van der Waals surface area contributed by atoms with E-state index in [4.69, 9.17) is 9.96 Å². The summed E-state index contributed by atoms with van der Waals surface area (Å²) in [6.07, 6.45) is 1.63. The van der Waals surface area contributed by atoms with Crippen molar-refractivity contribution in [3.05, 3.63) is 71.8 Å². The molecule has 9 nitrogen and oxygen atoms in total. The second-order valence-corrected chi connectivity index (χ2v) is 6.18. The molecule has 0 saturated heterocycles. The Hall–Kier alpha value is -3.11. The summed E-state index contributed by atoms with van der Waals surface area (Å²) in [4.78, 5) is 1.09. The minimum Gasteiger partial charge on any atom is -0.282 e. The number of nitrogens with zero attached hydrogens (tertiary/aromatic N) is 5. The molecular weight excluding hydrogens is 344 g/mol. The van der Waals surface area contributed by atoms with Crippen LogP contribution in [0, 0.1) is 5.41 Å². The summed E-state index contributed by atoms with van der Waals surface area (Å²) in [6, 6.07) is 17.0. The molecule has 0 aliphatic rings. The van der Waals surface area contributed by atoms with Crippen LogP contribution in [0.4, 0.5) is 0 Å². The van der Waals surface area contributed by atoms with Crippen molar-refractivity contribution in [2.75, 3.05) is 0 Å². The van der Waals surface area contributed by atoms with Crippen LogP contribution in [0.25, 0.3) is 0 Å². The smallest absolute Gasteiger partial charge is 0.282 e. The highest BCUT2D eigenvalue weighted by molar-refractivity contribution is 7.85. The molecule has 130 valence electrons. The van der Waals surface area contributed by atoms with Crippen molar-refractivity contribution in [2.45, 2.75) is 4.90 Å². The maximum absolute atomic E-state index is 10.4. The number of aromatic nitrogens is 4. The van der Waals surface area contributed by atoms with Gasteiger partial charge in [0.1, 0.15) is 0 Å². The maximum atomic E-state index is 10.4. The van der Waals surface area contributed by atoms with E-state index in [-0.39, 0.29) is 10.5 Å². The Kier molecular flexibility index (Phi) is 5.93. The molecule has 0 aliphatic carbocycles. The van der Waals surface area contributed by atoms with Gasteiger partial charge < -0.3 is 0 Å². The zero-order valence-corrected chi connectivity index (χ0v) is 14.1. The first kappa shape index (κ1) is 18.2. The number of benzene rings is 2. The Morgan fingerprint density at radius 3 is 2.04 bits per heavy atom. The number of aryl methyl sites for hydroxylation is 1. The summed E-state index contributed by atoms with van der Waals surface area (Å²) in [5.74, 6) is 0. The van der Waals surface area contributed by atoms with Crippen molar-refractivity contribution in [2.24, 2.45) is 12.1 Å². The Morgan fingerprint density at radius 2 is 1.60 bits per heavy atom. The molecule has 2 N–H and O–H groups in total. The Balaban J connectivity index is 0.000000196. The van der Waals surface area contributed by atoms with Gasteiger partial charge in [-0.2, -0.15) is 13.5 Å². The molecule has 0 unspecified atom stereocenters. The fraction of sp³-hybridized carbons (Fsp3) is 0.0667. The molecule has 1 aromatic heterocycles. The zero-order chi connectivity index (χ0) is 18.3. The number of tetrazole rings is 1. The van der Waals surface area contributed by atoms with Crippen molar-refractivity contribution < 1.29 is 13.0 Å². The normalized spacial score (nSPS) is 11.1. The van der Waals surface area contributed by atoms with E-state index in [1.165, 1.54) is 16.8 Å². The monoisotopic (exact) mass is 360 g/mol. The van der Waals surface area contributed by atoms with E-state index in [0.717, 1.165) is 10.4 Å². The highest BCUT2D eigenvalue weighted by Gasteiger charge is 2.05. The van der Waals surface area contributed by atoms with Gasteiger partial charge in [0.2, 0.25) is 0 Å². The van der Waals surface area contributed by atoms with Gasteiger partial charge in [-0.3, -0.25) is 9.96 Å². The summed E-state index contributed by atoms with van der Waals surface area (Å²) < 4.78 is 30.6. The van der Waals surface area contributed by atoms with Crippen LogP contribution in [0.5, 0.6) is 0 Å². The minimum atomic E-state index is -4.00. The van der Waals surface area contributed by atoms with Gasteiger partial charge in [-0.1, -0.05) is 53.3 Å². The average molecular weight is 360 g/mol. The summed E-state index contributed by atoms with van der Waals surface area (Å²) >= 11 is 0. The fourth-order valence-corrected chi connectivity index (χ4v) is 2.14. The van der Waals surface area contributed by atoms with Gasteiger partial charge in [-0.15, -0.1) is 0 Å². The van der Waals surface area contributed by atoms with Crippen LogP contribution in [-0.4, -0.2) is 39.1 Å². The molecule has 0 bridgehead atoms. The first-order chi connectivity index (χ1) is 11.9. The summed E-state index contributed by atoms with van der Waals surface area (Å²) in [5.41, 5.74) is 1.08. The lowest BCUT2D eigenvalue weighted by Crippen LogP contribution is -2.20. The van der Waals surface area contributed by atoms with Gasteiger partial charge in [0.25, 0.3) is 15.7 Å². The van der Waals surface area contributed by atoms with Gasteiger partial charge in [-0.25, -0.2) is 4.68 Å². The highest BCUT2D eigenvalue weighted by Crippen LogP contribution is 2.05. The van der Waals surface area contributed by atoms with Crippen LogP contribution in [0.1, 0.15) is 5.56 Å². The van der Waals surface area contributed by atoms with Crippen LogP contribution in [0.2, 0.25) is 0 Å². The van der Waals surface area contributed by atoms with Crippen molar-refractivity contribution in [1.82, 2.24) is 19.9 Å². The quantitative estimate of drug-likeness (QED) is 0.530. The third kappa shape index (κ3) is 5.48. The molecule has 0 saturated carbocycles. The number of nitrogens with one attached hydrogen (secondary N) is 1. The molecule has 0 fully saturated rings. The lowest BCUT2D eigenvalue weighted by Gasteiger charge is -1.92. The average Bonchev–Trinajstić information content (AvgIpc) is 2.93. The first-order valence-electron chi connectivity index (χ1n) is 7.03. The molecule has 0 spiro atoms. The van der Waals surface area contributed by atoms with E-state index in [9.17, 15) is 8.42 Å². The van der Waals surface area contributed by atoms with Gasteiger partial charge in [0.05, 0.1) is 11.1 Å². The molecular formula is C15H16N6O3S. The maximum Gasteiger partial charge on any atom is 0.294 e. The molecule has 0 radical (unpaired) electrons. The van der Waals surface area contributed by atoms with Crippen molar-refractivity contribution in [3.8, 4) is 0 Å². The van der Waals surface area contributed by atoms with Crippen LogP contribution in [-0.2, 0) is 17.2 Å². The molecule has 10 heteroatoms. The Morgan fingerprint density at radius 1 is 1.04 bits per heavy atom. The van der Waals surface area contributed by atoms with E-state index in [1.807, 2.05) is 30.3 Å². The predicted molar refractivity (Wildman–Crippen MR) is 90.5 cm³/mol. The van der Waals surface area contributed by atoms with Gasteiger partial charge >= 0.3 is 0 Å². The van der Waals surface area contributed by atoms with E-state index in [0.29, 0.717) is 0 Å². The number of hydrogen-bond donors (Lipinski definition) is 2. The molecule has 1 heterocycles. The first-order valence-corrected chi connectivity index (χ1v) is 8.47. The molecule has 0 aliphatic heterocycles. The number of rotatable bonds is 3. The Bertz CT molecular complexity index is 995. The third-order valence-corrected chi connectivity index (χ3v) is 3.78. The van der Waals surface area contributed by atoms with Crippen molar-refractivity contribution in [1.29, 1.82) is 5.41 Å². The zero-order valence-electron chi connectivity index (χ0n) is 13.3. The van der Waals surface area contributed by atoms with E-state index in [2.05, 4.69) is 15.5 Å². The fourth-order valence-electron chi connectivity index (χ4n) is 1.64. The van der Waals surface area contributed by atoms with E-state index >= 15 is 0 Å². The van der Waals surface area contributed by atoms with Crippen LogP contribution in [0.3, 0.4) is 0 Å². The molecule has 25 heavy (non-hydrogen) atoms. The van der Waals surface area contributed by atoms with Crippen LogP contribution in [0.15, 0.2) is 70.7 Å². The highest BCUT2D eigenvalue weighted by atomic mass is 32.2. The SMILES string of the molecule is Cn1nnn(/N=C/c2ccccc2)c1=N.O=S(=O)(O)c1ccccc1. The van der Waals surface area contributed by atoms with Crippen LogP contribution < -0.4 is 5.62 Å². The molecule has 2 aromatic carbocycles. The second-order valence-electron chi connectivity index (χ2n) is 4.76. The predicted octanol–water partition coefficient (Wildman–Crippen LogP) is 0.912. The minimum absolute atomic E-state index is 0.0741. The Labute approximate surface area is 144 Å². The summed E-state index contributed by atoms with van der Waals surface area (Å²) in [6.45, 7) is 0. The molecule has 3 rings (SSSR count). The third-order valence-electron chi connectivity index (χ3n) is 2.91. The van der Waals surface area contributed by atoms with Gasteiger partial charge in [0.15, 0.2) is 0 Å². The van der Waals surface area contributed by atoms with Crippen molar-refractivity contribution in [3.63, 3.8) is 0 Å². The van der Waals surface area contributed by atoms with Gasteiger partial charge in [-0.05, 0) is 28.1 Å². The van der Waals surface area contributed by atoms with Crippen LogP contribution >= 0.6 is 0 Å². The van der Waals surface area contributed by atoms with Crippen molar-refractivity contribution >= 4 is 16.3 Å². The topological polar surface area (TPSA) is 126 Å². The van der Waals surface area contributed by atoms with E-state index < -0.39 is 10.1 Å². The molecule has 0 amide bonds. The second kappa shape index (κ2) is 8.13. The standard InChI is InChI=1S/C9H10N6.C6H6O3S/c1-14-9(10)15(13-12-14)11-7-8-5-3-2-4-6-8;7-10(8,9)6-4-2-1-3-5-6/h2-7,10H,1H3;1-5H,(H,7,8,9)/b10-9?,11-7+;.